The summed E-state index contributed by atoms with van der Waals surface area (Å²) < 4.78 is 27.6. The van der Waals surface area contributed by atoms with Crippen LogP contribution in [0.1, 0.15) is 36.8 Å². The Bertz CT molecular complexity index is 777. The van der Waals surface area contributed by atoms with E-state index < -0.39 is 10.0 Å². The SMILES string of the molecule is CNCCN(C)C(=O)C1CCN(S(=O)(=O)c2ccc3c(c2)CCCC3)CC1.Cl. The van der Waals surface area contributed by atoms with E-state index in [9.17, 15) is 13.2 Å². The Hall–Kier alpha value is -1.15. The number of fused-ring (bicyclic) bond motifs is 1. The molecule has 0 unspecified atom stereocenters. The van der Waals surface area contributed by atoms with Gasteiger partial charge in [-0.1, -0.05) is 6.07 Å². The van der Waals surface area contributed by atoms with Crippen LogP contribution in [0.3, 0.4) is 0 Å². The highest BCUT2D eigenvalue weighted by Gasteiger charge is 2.33. The fraction of sp³-hybridized carbons (Fsp3) is 0.650. The minimum absolute atomic E-state index is 0. The summed E-state index contributed by atoms with van der Waals surface area (Å²) >= 11 is 0. The molecular formula is C20H32ClN3O3S. The highest BCUT2D eigenvalue weighted by Crippen LogP contribution is 2.28. The number of sulfonamides is 1. The van der Waals surface area contributed by atoms with Crippen molar-refractivity contribution in [3.8, 4) is 0 Å². The second-order valence-electron chi connectivity index (χ2n) is 7.68. The summed E-state index contributed by atoms with van der Waals surface area (Å²) in [4.78, 5) is 14.7. The first kappa shape index (κ1) is 23.1. The van der Waals surface area contributed by atoms with Crippen molar-refractivity contribution in [1.82, 2.24) is 14.5 Å². The van der Waals surface area contributed by atoms with Gasteiger partial charge in [0.15, 0.2) is 0 Å². The third kappa shape index (κ3) is 5.06. The number of hydrogen-bond acceptors (Lipinski definition) is 4. The Morgan fingerprint density at radius 1 is 1.18 bits per heavy atom. The lowest BCUT2D eigenvalue weighted by atomic mass is 9.92. The number of benzene rings is 1. The van der Waals surface area contributed by atoms with Gasteiger partial charge in [-0.05, 0) is 68.8 Å². The van der Waals surface area contributed by atoms with Crippen molar-refractivity contribution in [2.75, 3.05) is 40.3 Å². The largest absolute Gasteiger partial charge is 0.344 e. The first-order valence-electron chi connectivity index (χ1n) is 9.95. The van der Waals surface area contributed by atoms with E-state index in [1.54, 1.807) is 15.3 Å². The lowest BCUT2D eigenvalue weighted by Gasteiger charge is -2.32. The van der Waals surface area contributed by atoms with E-state index in [4.69, 9.17) is 0 Å². The van der Waals surface area contributed by atoms with Gasteiger partial charge >= 0.3 is 0 Å². The molecule has 1 saturated heterocycles. The lowest BCUT2D eigenvalue weighted by Crippen LogP contribution is -2.44. The molecule has 1 aromatic carbocycles. The predicted molar refractivity (Wildman–Crippen MR) is 113 cm³/mol. The van der Waals surface area contributed by atoms with Crippen molar-refractivity contribution in [3.63, 3.8) is 0 Å². The third-order valence-corrected chi connectivity index (χ3v) is 7.73. The van der Waals surface area contributed by atoms with Gasteiger partial charge in [0.1, 0.15) is 0 Å². The standard InChI is InChI=1S/C20H31N3O3S.ClH/c1-21-11-14-22(2)20(24)17-9-12-23(13-10-17)27(25,26)19-8-7-16-5-3-4-6-18(16)15-19;/h7-8,15,17,21H,3-6,9-14H2,1-2H3;1H. The van der Waals surface area contributed by atoms with E-state index >= 15 is 0 Å². The average Bonchev–Trinajstić information content (AvgIpc) is 2.71. The van der Waals surface area contributed by atoms with Gasteiger partial charge in [0.05, 0.1) is 4.90 Å². The fourth-order valence-electron chi connectivity index (χ4n) is 4.06. The van der Waals surface area contributed by atoms with Crippen LogP contribution in [0.15, 0.2) is 23.1 Å². The van der Waals surface area contributed by atoms with Gasteiger partial charge in [-0.15, -0.1) is 12.4 Å². The zero-order valence-corrected chi connectivity index (χ0v) is 18.4. The molecule has 0 spiro atoms. The molecule has 8 heteroatoms. The van der Waals surface area contributed by atoms with Crippen LogP contribution in [0.2, 0.25) is 0 Å². The van der Waals surface area contributed by atoms with Gasteiger partial charge in [0.2, 0.25) is 15.9 Å². The number of rotatable bonds is 6. The highest BCUT2D eigenvalue weighted by atomic mass is 35.5. The van der Waals surface area contributed by atoms with Crippen molar-refractivity contribution >= 4 is 28.3 Å². The Kier molecular flexibility index (Phi) is 8.30. The summed E-state index contributed by atoms with van der Waals surface area (Å²) in [5, 5.41) is 3.04. The molecule has 1 aromatic rings. The number of hydrogen-bond donors (Lipinski definition) is 1. The van der Waals surface area contributed by atoms with Crippen LogP contribution in [-0.2, 0) is 27.7 Å². The van der Waals surface area contributed by atoms with Crippen molar-refractivity contribution in [3.05, 3.63) is 29.3 Å². The molecular weight excluding hydrogens is 398 g/mol. The minimum atomic E-state index is -3.48. The predicted octanol–water partition coefficient (Wildman–Crippen LogP) is 2.07. The van der Waals surface area contributed by atoms with E-state index in [0.29, 0.717) is 37.4 Å². The van der Waals surface area contributed by atoms with Crippen LogP contribution in [-0.4, -0.2) is 63.8 Å². The number of amides is 1. The molecule has 0 aromatic heterocycles. The van der Waals surface area contributed by atoms with Gasteiger partial charge in [-0.3, -0.25) is 4.79 Å². The Labute approximate surface area is 175 Å². The van der Waals surface area contributed by atoms with Gasteiger partial charge in [0.25, 0.3) is 0 Å². The van der Waals surface area contributed by atoms with E-state index in [0.717, 1.165) is 25.8 Å². The van der Waals surface area contributed by atoms with Crippen molar-refractivity contribution in [1.29, 1.82) is 0 Å². The second-order valence-corrected chi connectivity index (χ2v) is 9.62. The molecule has 1 aliphatic heterocycles. The minimum Gasteiger partial charge on any atom is -0.344 e. The van der Waals surface area contributed by atoms with Crippen LogP contribution < -0.4 is 5.32 Å². The monoisotopic (exact) mass is 429 g/mol. The lowest BCUT2D eigenvalue weighted by molar-refractivity contribution is -0.135. The number of carbonyl (C=O) groups excluding carboxylic acids is 1. The maximum absolute atomic E-state index is 13.0. The molecule has 1 heterocycles. The van der Waals surface area contributed by atoms with Crippen LogP contribution in [0.25, 0.3) is 0 Å². The molecule has 1 amide bonds. The fourth-order valence-corrected chi connectivity index (χ4v) is 5.58. The van der Waals surface area contributed by atoms with E-state index in [1.807, 2.05) is 26.2 Å². The van der Waals surface area contributed by atoms with E-state index in [-0.39, 0.29) is 24.2 Å². The van der Waals surface area contributed by atoms with Gasteiger partial charge in [-0.2, -0.15) is 4.31 Å². The number of nitrogens with one attached hydrogen (secondary N) is 1. The van der Waals surface area contributed by atoms with Crippen LogP contribution in [0, 0.1) is 5.92 Å². The summed E-state index contributed by atoms with van der Waals surface area (Å²) in [5.41, 5.74) is 2.47. The molecule has 2 aliphatic rings. The van der Waals surface area contributed by atoms with Crippen molar-refractivity contribution < 1.29 is 13.2 Å². The summed E-state index contributed by atoms with van der Waals surface area (Å²) in [6.07, 6.45) is 5.51. The Balaban J connectivity index is 0.00000280. The third-order valence-electron chi connectivity index (χ3n) is 5.83. The number of carbonyl (C=O) groups is 1. The van der Waals surface area contributed by atoms with Crippen molar-refractivity contribution in [2.45, 2.75) is 43.4 Å². The van der Waals surface area contributed by atoms with Crippen LogP contribution >= 0.6 is 12.4 Å². The van der Waals surface area contributed by atoms with Crippen LogP contribution in [0.4, 0.5) is 0 Å². The maximum atomic E-state index is 13.0. The molecule has 28 heavy (non-hydrogen) atoms. The maximum Gasteiger partial charge on any atom is 0.243 e. The first-order valence-corrected chi connectivity index (χ1v) is 11.4. The normalized spacial score (nSPS) is 18.2. The second kappa shape index (κ2) is 10.1. The number of halogens is 1. The zero-order chi connectivity index (χ0) is 19.4. The number of aryl methyl sites for hydroxylation is 2. The van der Waals surface area contributed by atoms with Crippen LogP contribution in [0.5, 0.6) is 0 Å². The van der Waals surface area contributed by atoms with E-state index in [2.05, 4.69) is 5.32 Å². The average molecular weight is 430 g/mol. The van der Waals surface area contributed by atoms with E-state index in [1.165, 1.54) is 17.5 Å². The topological polar surface area (TPSA) is 69.7 Å². The molecule has 0 saturated carbocycles. The van der Waals surface area contributed by atoms with Gasteiger partial charge < -0.3 is 10.2 Å². The van der Waals surface area contributed by atoms with Crippen molar-refractivity contribution in [2.24, 2.45) is 5.92 Å². The molecule has 6 nitrogen and oxygen atoms in total. The molecule has 0 radical (unpaired) electrons. The molecule has 3 rings (SSSR count). The quantitative estimate of drug-likeness (QED) is 0.751. The summed E-state index contributed by atoms with van der Waals surface area (Å²) in [5.74, 6) is 0.0397. The smallest absolute Gasteiger partial charge is 0.243 e. The summed E-state index contributed by atoms with van der Waals surface area (Å²) in [6, 6.07) is 5.60. The summed E-state index contributed by atoms with van der Waals surface area (Å²) in [7, 11) is 0.198. The molecule has 0 bridgehead atoms. The highest BCUT2D eigenvalue weighted by molar-refractivity contribution is 7.89. The molecule has 1 fully saturated rings. The summed E-state index contributed by atoms with van der Waals surface area (Å²) in [6.45, 7) is 2.25. The molecule has 1 N–H and O–H groups in total. The number of piperidine rings is 1. The van der Waals surface area contributed by atoms with Gasteiger partial charge in [-0.25, -0.2) is 8.42 Å². The number of likely N-dealkylation sites (N-methyl/N-ethyl adjacent to an activating group) is 2. The molecule has 158 valence electrons. The molecule has 0 atom stereocenters. The molecule has 1 aliphatic carbocycles. The Morgan fingerprint density at radius 3 is 2.46 bits per heavy atom. The zero-order valence-electron chi connectivity index (χ0n) is 16.8. The number of nitrogens with zero attached hydrogens (tertiary/aromatic N) is 2. The van der Waals surface area contributed by atoms with Gasteiger partial charge in [0, 0.05) is 39.1 Å². The first-order chi connectivity index (χ1) is 12.9. The Morgan fingerprint density at radius 2 is 1.82 bits per heavy atom.